The third-order valence-corrected chi connectivity index (χ3v) is 6.94. The highest BCUT2D eigenvalue weighted by Crippen LogP contribution is 2.46. The molecule has 1 atom stereocenters. The first-order valence-corrected chi connectivity index (χ1v) is 10.7. The molecule has 2 aromatic heterocycles. The van der Waals surface area contributed by atoms with Crippen molar-refractivity contribution in [1.82, 2.24) is 19.9 Å². The van der Waals surface area contributed by atoms with Crippen LogP contribution in [0, 0.1) is 12.8 Å². The molecule has 31 heavy (non-hydrogen) atoms. The number of rotatable bonds is 3. The molecule has 4 heterocycles. The zero-order valence-corrected chi connectivity index (χ0v) is 17.7. The molecule has 10 heteroatoms. The second kappa shape index (κ2) is 7.32. The first-order valence-electron chi connectivity index (χ1n) is 10.3. The van der Waals surface area contributed by atoms with Crippen molar-refractivity contribution >= 4 is 23.5 Å². The zero-order valence-electron chi connectivity index (χ0n) is 16.9. The van der Waals surface area contributed by atoms with Crippen LogP contribution in [0.4, 0.5) is 19.1 Å². The number of carbonyl (C=O) groups is 1. The summed E-state index contributed by atoms with van der Waals surface area (Å²) in [4.78, 5) is 29.1. The number of carbonyl (C=O) groups excluding carboxylic acids is 1. The number of anilines is 1. The van der Waals surface area contributed by atoms with Crippen LogP contribution < -0.4 is 4.90 Å². The van der Waals surface area contributed by atoms with Gasteiger partial charge in [0.15, 0.2) is 0 Å². The molecular formula is C21H21ClF3N5O. The van der Waals surface area contributed by atoms with Gasteiger partial charge < -0.3 is 9.80 Å². The molecule has 1 fully saturated rings. The quantitative estimate of drug-likeness (QED) is 0.703. The first kappa shape index (κ1) is 20.5. The van der Waals surface area contributed by atoms with Crippen LogP contribution in [0.2, 0.25) is 5.02 Å². The Labute approximate surface area is 182 Å². The van der Waals surface area contributed by atoms with E-state index in [0.717, 1.165) is 54.2 Å². The third kappa shape index (κ3) is 3.52. The summed E-state index contributed by atoms with van der Waals surface area (Å²) in [5, 5.41) is 0.662. The molecule has 6 nitrogen and oxygen atoms in total. The Morgan fingerprint density at radius 2 is 1.97 bits per heavy atom. The molecule has 2 aromatic rings. The van der Waals surface area contributed by atoms with Crippen molar-refractivity contribution in [2.24, 2.45) is 5.92 Å². The molecule has 1 aliphatic carbocycles. The maximum Gasteiger partial charge on any atom is 0.419 e. The Bertz CT molecular complexity index is 1040. The topological polar surface area (TPSA) is 62.2 Å². The summed E-state index contributed by atoms with van der Waals surface area (Å²) in [5.41, 5.74) is 3.20. The number of hydrogen-bond donors (Lipinski definition) is 0. The maximum absolute atomic E-state index is 13.1. The van der Waals surface area contributed by atoms with Crippen molar-refractivity contribution in [1.29, 1.82) is 0 Å². The number of aromatic nitrogens is 3. The lowest BCUT2D eigenvalue weighted by atomic mass is 9.89. The van der Waals surface area contributed by atoms with Crippen LogP contribution in [0.15, 0.2) is 12.4 Å². The fraction of sp³-hybridized carbons (Fsp3) is 0.524. The highest BCUT2D eigenvalue weighted by molar-refractivity contribution is 6.32. The van der Waals surface area contributed by atoms with Crippen LogP contribution in [0.25, 0.3) is 0 Å². The van der Waals surface area contributed by atoms with Gasteiger partial charge in [0.05, 0.1) is 22.3 Å². The molecular weight excluding hydrogens is 431 g/mol. The Hall–Kier alpha value is -2.42. The van der Waals surface area contributed by atoms with E-state index >= 15 is 0 Å². The Morgan fingerprint density at radius 1 is 1.26 bits per heavy atom. The van der Waals surface area contributed by atoms with Crippen LogP contribution in [-0.2, 0) is 23.9 Å². The number of nitrogens with zero attached hydrogens (tertiary/aromatic N) is 5. The SMILES string of the molecule is Cc1nc2c3c(c1Cl)CN(C(=O)CC1CN(c4ncc(C(F)(F)F)cn4)C1)[C@@H]3CCC2. The lowest BCUT2D eigenvalue weighted by molar-refractivity contribution is -0.138. The molecule has 2 aliphatic heterocycles. The zero-order chi connectivity index (χ0) is 21.9. The minimum Gasteiger partial charge on any atom is -0.340 e. The van der Waals surface area contributed by atoms with E-state index in [1.54, 1.807) is 4.90 Å². The fourth-order valence-electron chi connectivity index (χ4n) is 4.88. The molecule has 3 aliphatic rings. The van der Waals surface area contributed by atoms with Crippen LogP contribution in [0.5, 0.6) is 0 Å². The van der Waals surface area contributed by atoms with Gasteiger partial charge in [0, 0.05) is 55.6 Å². The van der Waals surface area contributed by atoms with Gasteiger partial charge in [-0.25, -0.2) is 9.97 Å². The number of pyridine rings is 1. The molecule has 0 saturated carbocycles. The van der Waals surface area contributed by atoms with Crippen molar-refractivity contribution in [3.8, 4) is 0 Å². The smallest absolute Gasteiger partial charge is 0.340 e. The molecule has 5 rings (SSSR count). The van der Waals surface area contributed by atoms with Crippen molar-refractivity contribution in [2.45, 2.75) is 51.4 Å². The summed E-state index contributed by atoms with van der Waals surface area (Å²) in [6.45, 7) is 3.52. The van der Waals surface area contributed by atoms with Gasteiger partial charge in [-0.2, -0.15) is 13.2 Å². The maximum atomic E-state index is 13.1. The first-order chi connectivity index (χ1) is 14.7. The molecule has 1 amide bonds. The van der Waals surface area contributed by atoms with Gasteiger partial charge in [0.2, 0.25) is 11.9 Å². The van der Waals surface area contributed by atoms with E-state index in [-0.39, 0.29) is 23.8 Å². The Morgan fingerprint density at radius 3 is 2.65 bits per heavy atom. The molecule has 0 bridgehead atoms. The molecule has 0 radical (unpaired) electrons. The van der Waals surface area contributed by atoms with Crippen molar-refractivity contribution in [3.63, 3.8) is 0 Å². The van der Waals surface area contributed by atoms with E-state index in [9.17, 15) is 18.0 Å². The van der Waals surface area contributed by atoms with E-state index in [1.165, 1.54) is 0 Å². The highest BCUT2D eigenvalue weighted by atomic mass is 35.5. The summed E-state index contributed by atoms with van der Waals surface area (Å²) in [6.07, 6.45) is 0.363. The van der Waals surface area contributed by atoms with Gasteiger partial charge in [0.1, 0.15) is 0 Å². The van der Waals surface area contributed by atoms with Crippen LogP contribution >= 0.6 is 11.6 Å². The largest absolute Gasteiger partial charge is 0.419 e. The Kier molecular flexibility index (Phi) is 4.84. The highest BCUT2D eigenvalue weighted by Gasteiger charge is 2.41. The normalized spacial score (nSPS) is 20.6. The average Bonchev–Trinajstić information content (AvgIpc) is 3.09. The third-order valence-electron chi connectivity index (χ3n) is 6.44. The van der Waals surface area contributed by atoms with E-state index in [1.807, 2.05) is 11.8 Å². The number of aryl methyl sites for hydroxylation is 2. The van der Waals surface area contributed by atoms with Gasteiger partial charge in [0.25, 0.3) is 0 Å². The van der Waals surface area contributed by atoms with Crippen molar-refractivity contribution < 1.29 is 18.0 Å². The molecule has 1 saturated heterocycles. The second-order valence-electron chi connectivity index (χ2n) is 8.52. The van der Waals surface area contributed by atoms with E-state index < -0.39 is 11.7 Å². The molecule has 0 aromatic carbocycles. The van der Waals surface area contributed by atoms with Gasteiger partial charge in [-0.05, 0) is 31.7 Å². The van der Waals surface area contributed by atoms with Crippen LogP contribution in [-0.4, -0.2) is 38.8 Å². The summed E-state index contributed by atoms with van der Waals surface area (Å²) in [5.74, 6) is 0.469. The van der Waals surface area contributed by atoms with E-state index in [0.29, 0.717) is 31.1 Å². The minimum absolute atomic E-state index is 0.0475. The number of halogens is 4. The lowest BCUT2D eigenvalue weighted by Crippen LogP contribution is -2.49. The van der Waals surface area contributed by atoms with Crippen LogP contribution in [0.3, 0.4) is 0 Å². The second-order valence-corrected chi connectivity index (χ2v) is 8.90. The molecule has 0 spiro atoms. The van der Waals surface area contributed by atoms with Gasteiger partial charge in [-0.15, -0.1) is 0 Å². The fourth-order valence-corrected chi connectivity index (χ4v) is 5.08. The molecule has 0 unspecified atom stereocenters. The Balaban J connectivity index is 1.22. The standard InChI is InChI=1S/C21H21ClF3N5O/c1-11-19(22)14-10-30(16-4-2-3-15(28-11)18(14)16)17(31)5-12-8-29(9-12)20-26-6-13(7-27-20)21(23,24)25/h6-7,12,16H,2-5,8-10H2,1H3/t16-/m1/s1. The van der Waals surface area contributed by atoms with Crippen molar-refractivity contribution in [2.75, 3.05) is 18.0 Å². The molecule has 164 valence electrons. The van der Waals surface area contributed by atoms with E-state index in [2.05, 4.69) is 15.0 Å². The van der Waals surface area contributed by atoms with Gasteiger partial charge in [-0.3, -0.25) is 9.78 Å². The van der Waals surface area contributed by atoms with Gasteiger partial charge >= 0.3 is 6.18 Å². The predicted octanol–water partition coefficient (Wildman–Crippen LogP) is 4.10. The summed E-state index contributed by atoms with van der Waals surface area (Å²) in [6, 6.07) is 0.0475. The molecule has 0 N–H and O–H groups in total. The summed E-state index contributed by atoms with van der Waals surface area (Å²) >= 11 is 6.51. The van der Waals surface area contributed by atoms with E-state index in [4.69, 9.17) is 11.6 Å². The lowest BCUT2D eigenvalue weighted by Gasteiger charge is -2.40. The summed E-state index contributed by atoms with van der Waals surface area (Å²) < 4.78 is 38.0. The van der Waals surface area contributed by atoms with Crippen molar-refractivity contribution in [3.05, 3.63) is 45.5 Å². The summed E-state index contributed by atoms with van der Waals surface area (Å²) in [7, 11) is 0. The predicted molar refractivity (Wildman–Crippen MR) is 108 cm³/mol. The minimum atomic E-state index is -4.45. The van der Waals surface area contributed by atoms with Crippen LogP contribution in [0.1, 0.15) is 53.4 Å². The number of amides is 1. The number of alkyl halides is 3. The monoisotopic (exact) mass is 451 g/mol. The number of hydrogen-bond acceptors (Lipinski definition) is 5. The average molecular weight is 452 g/mol. The van der Waals surface area contributed by atoms with Gasteiger partial charge in [-0.1, -0.05) is 11.6 Å².